The summed E-state index contributed by atoms with van der Waals surface area (Å²) in [6.07, 6.45) is 3.55. The summed E-state index contributed by atoms with van der Waals surface area (Å²) in [7, 11) is 0. The van der Waals surface area contributed by atoms with E-state index < -0.39 is 0 Å². The maximum absolute atomic E-state index is 6.11. The van der Waals surface area contributed by atoms with E-state index in [2.05, 4.69) is 13.8 Å². The lowest BCUT2D eigenvalue weighted by Gasteiger charge is -2.36. The Morgan fingerprint density at radius 3 is 2.10 bits per heavy atom. The molecule has 2 heteroatoms. The topological polar surface area (TPSA) is 52.0 Å². The van der Waals surface area contributed by atoms with Gasteiger partial charge in [-0.2, -0.15) is 0 Å². The molecule has 1 rings (SSSR count). The maximum atomic E-state index is 6.11. The summed E-state index contributed by atoms with van der Waals surface area (Å²) in [6.45, 7) is 5.06. The monoisotopic (exact) mass is 142 g/mol. The molecule has 0 bridgehead atoms. The van der Waals surface area contributed by atoms with Gasteiger partial charge in [-0.15, -0.1) is 0 Å². The van der Waals surface area contributed by atoms with E-state index in [1.807, 2.05) is 0 Å². The molecule has 1 aliphatic rings. The molecule has 1 aliphatic carbocycles. The molecule has 0 aromatic heterocycles. The zero-order valence-corrected chi connectivity index (χ0v) is 6.98. The maximum Gasteiger partial charge on any atom is 0.0330 e. The minimum absolute atomic E-state index is 0.0903. The fourth-order valence-corrected chi connectivity index (χ4v) is 1.81. The molecule has 0 amide bonds. The highest BCUT2D eigenvalue weighted by Gasteiger charge is 2.44. The second kappa shape index (κ2) is 2.21. The Morgan fingerprint density at radius 2 is 1.90 bits per heavy atom. The van der Waals surface area contributed by atoms with Crippen LogP contribution in [0, 0.1) is 5.41 Å². The van der Waals surface area contributed by atoms with Crippen LogP contribution in [0.3, 0.4) is 0 Å². The molecule has 2 nitrogen and oxygen atoms in total. The van der Waals surface area contributed by atoms with Crippen LogP contribution in [0.15, 0.2) is 0 Å². The van der Waals surface area contributed by atoms with Gasteiger partial charge in [0.15, 0.2) is 0 Å². The Bertz CT molecular complexity index is 131. The van der Waals surface area contributed by atoms with Crippen molar-refractivity contribution in [1.82, 2.24) is 0 Å². The smallest absolute Gasteiger partial charge is 0.0330 e. The zero-order valence-electron chi connectivity index (χ0n) is 6.98. The van der Waals surface area contributed by atoms with E-state index in [0.29, 0.717) is 6.54 Å². The molecule has 0 spiro atoms. The van der Waals surface area contributed by atoms with Crippen LogP contribution in [0.2, 0.25) is 0 Å². The van der Waals surface area contributed by atoms with E-state index in [9.17, 15) is 0 Å². The second-order valence-corrected chi connectivity index (χ2v) is 4.10. The molecule has 0 aromatic carbocycles. The number of nitrogens with two attached hydrogens (primary N) is 2. The molecular weight excluding hydrogens is 124 g/mol. The lowest BCUT2D eigenvalue weighted by Crippen LogP contribution is -2.54. The predicted octanol–water partition coefficient (Wildman–Crippen LogP) is 0.853. The van der Waals surface area contributed by atoms with Crippen molar-refractivity contribution in [3.05, 3.63) is 0 Å². The molecule has 10 heavy (non-hydrogen) atoms. The Hall–Kier alpha value is -0.0800. The SMILES string of the molecule is CC1(C)CCCC1(N)CN. The van der Waals surface area contributed by atoms with Gasteiger partial charge in [0.1, 0.15) is 0 Å². The van der Waals surface area contributed by atoms with Crippen LogP contribution in [0.1, 0.15) is 33.1 Å². The van der Waals surface area contributed by atoms with Crippen molar-refractivity contribution in [3.63, 3.8) is 0 Å². The molecular formula is C8H18N2. The molecule has 0 saturated heterocycles. The largest absolute Gasteiger partial charge is 0.329 e. The molecule has 60 valence electrons. The standard InChI is InChI=1S/C8H18N2/c1-7(2)4-3-5-8(7,10)6-9/h3-6,9-10H2,1-2H3. The van der Waals surface area contributed by atoms with Crippen molar-refractivity contribution >= 4 is 0 Å². The zero-order chi connectivity index (χ0) is 7.83. The van der Waals surface area contributed by atoms with E-state index in [1.165, 1.54) is 12.8 Å². The van der Waals surface area contributed by atoms with Crippen molar-refractivity contribution in [2.24, 2.45) is 16.9 Å². The average Bonchev–Trinajstić information content (AvgIpc) is 2.10. The van der Waals surface area contributed by atoms with Crippen molar-refractivity contribution in [2.45, 2.75) is 38.6 Å². The lowest BCUT2D eigenvalue weighted by atomic mass is 9.76. The van der Waals surface area contributed by atoms with E-state index in [4.69, 9.17) is 11.5 Å². The van der Waals surface area contributed by atoms with Gasteiger partial charge in [-0.3, -0.25) is 0 Å². The first-order valence-corrected chi connectivity index (χ1v) is 4.01. The van der Waals surface area contributed by atoms with E-state index in [0.717, 1.165) is 6.42 Å². The summed E-state index contributed by atoms with van der Waals surface area (Å²) in [5.74, 6) is 0. The van der Waals surface area contributed by atoms with Gasteiger partial charge in [0, 0.05) is 12.1 Å². The van der Waals surface area contributed by atoms with Crippen molar-refractivity contribution < 1.29 is 0 Å². The van der Waals surface area contributed by atoms with Crippen LogP contribution >= 0.6 is 0 Å². The molecule has 4 N–H and O–H groups in total. The number of rotatable bonds is 1. The van der Waals surface area contributed by atoms with Crippen LogP contribution < -0.4 is 11.5 Å². The Morgan fingerprint density at radius 1 is 1.30 bits per heavy atom. The molecule has 0 aromatic rings. The highest BCUT2D eigenvalue weighted by Crippen LogP contribution is 2.43. The first-order chi connectivity index (χ1) is 4.52. The van der Waals surface area contributed by atoms with E-state index in [-0.39, 0.29) is 11.0 Å². The van der Waals surface area contributed by atoms with Crippen LogP contribution in [0.25, 0.3) is 0 Å². The minimum Gasteiger partial charge on any atom is -0.329 e. The summed E-state index contributed by atoms with van der Waals surface area (Å²) >= 11 is 0. The summed E-state index contributed by atoms with van der Waals surface area (Å²) in [4.78, 5) is 0. The van der Waals surface area contributed by atoms with Gasteiger partial charge in [0.2, 0.25) is 0 Å². The van der Waals surface area contributed by atoms with Crippen LogP contribution in [-0.2, 0) is 0 Å². The summed E-state index contributed by atoms with van der Waals surface area (Å²) < 4.78 is 0. The Labute approximate surface area is 63.0 Å². The van der Waals surface area contributed by atoms with Gasteiger partial charge in [0.25, 0.3) is 0 Å². The Kier molecular flexibility index (Phi) is 1.77. The van der Waals surface area contributed by atoms with Crippen LogP contribution in [0.5, 0.6) is 0 Å². The third-order valence-corrected chi connectivity index (χ3v) is 3.14. The molecule has 1 atom stereocenters. The van der Waals surface area contributed by atoms with Crippen molar-refractivity contribution in [3.8, 4) is 0 Å². The third kappa shape index (κ3) is 0.956. The predicted molar refractivity (Wildman–Crippen MR) is 43.6 cm³/mol. The van der Waals surface area contributed by atoms with Gasteiger partial charge in [-0.1, -0.05) is 20.3 Å². The van der Waals surface area contributed by atoms with E-state index in [1.54, 1.807) is 0 Å². The molecule has 0 radical (unpaired) electrons. The molecule has 0 aliphatic heterocycles. The highest BCUT2D eigenvalue weighted by atomic mass is 14.9. The molecule has 0 heterocycles. The fraction of sp³-hybridized carbons (Fsp3) is 1.00. The minimum atomic E-state index is -0.0903. The highest BCUT2D eigenvalue weighted by molar-refractivity contribution is 5.03. The van der Waals surface area contributed by atoms with Crippen LogP contribution in [-0.4, -0.2) is 12.1 Å². The third-order valence-electron chi connectivity index (χ3n) is 3.14. The summed E-state index contributed by atoms with van der Waals surface area (Å²) in [6, 6.07) is 0. The quantitative estimate of drug-likeness (QED) is 0.570. The lowest BCUT2D eigenvalue weighted by molar-refractivity contribution is 0.216. The number of hydrogen-bond acceptors (Lipinski definition) is 2. The van der Waals surface area contributed by atoms with E-state index >= 15 is 0 Å². The van der Waals surface area contributed by atoms with Gasteiger partial charge in [-0.05, 0) is 18.3 Å². The number of hydrogen-bond donors (Lipinski definition) is 2. The molecule has 1 saturated carbocycles. The summed E-state index contributed by atoms with van der Waals surface area (Å²) in [5, 5.41) is 0. The summed E-state index contributed by atoms with van der Waals surface area (Å²) in [5.41, 5.74) is 11.9. The fourth-order valence-electron chi connectivity index (χ4n) is 1.81. The van der Waals surface area contributed by atoms with Crippen molar-refractivity contribution in [2.75, 3.05) is 6.54 Å². The van der Waals surface area contributed by atoms with Crippen molar-refractivity contribution in [1.29, 1.82) is 0 Å². The van der Waals surface area contributed by atoms with Gasteiger partial charge in [0.05, 0.1) is 0 Å². The Balaban J connectivity index is 2.76. The second-order valence-electron chi connectivity index (χ2n) is 4.10. The normalized spacial score (nSPS) is 38.4. The first-order valence-electron chi connectivity index (χ1n) is 4.01. The van der Waals surface area contributed by atoms with Gasteiger partial charge >= 0.3 is 0 Å². The molecule has 1 unspecified atom stereocenters. The van der Waals surface area contributed by atoms with Gasteiger partial charge < -0.3 is 11.5 Å². The van der Waals surface area contributed by atoms with Gasteiger partial charge in [-0.25, -0.2) is 0 Å². The van der Waals surface area contributed by atoms with Crippen LogP contribution in [0.4, 0.5) is 0 Å². The first kappa shape index (κ1) is 8.02. The average molecular weight is 142 g/mol. The molecule has 1 fully saturated rings.